The van der Waals surface area contributed by atoms with E-state index in [4.69, 9.17) is 21.1 Å². The zero-order valence-corrected chi connectivity index (χ0v) is 14.8. The van der Waals surface area contributed by atoms with Gasteiger partial charge in [-0.3, -0.25) is 9.78 Å². The summed E-state index contributed by atoms with van der Waals surface area (Å²) in [4.78, 5) is 20.1. The summed E-state index contributed by atoms with van der Waals surface area (Å²) in [6.07, 6.45) is 8.16. The normalized spacial score (nSPS) is 19.6. The molecular formula is C18H19ClFN3O3. The Morgan fingerprint density at radius 2 is 2.08 bits per heavy atom. The quantitative estimate of drug-likeness (QED) is 0.834. The number of nitrogens with zero attached hydrogens (tertiary/aromatic N) is 2. The molecule has 1 aromatic heterocycles. The van der Waals surface area contributed by atoms with Crippen molar-refractivity contribution in [3.05, 3.63) is 47.6 Å². The lowest BCUT2D eigenvalue weighted by Gasteiger charge is -2.29. The molecule has 1 heterocycles. The Hall–Kier alpha value is -2.41. The largest absolute Gasteiger partial charge is 0.484 e. The van der Waals surface area contributed by atoms with Crippen LogP contribution in [0.3, 0.4) is 0 Å². The van der Waals surface area contributed by atoms with Crippen LogP contribution in [0.2, 0.25) is 5.02 Å². The van der Waals surface area contributed by atoms with Crippen molar-refractivity contribution in [2.24, 2.45) is 0 Å². The van der Waals surface area contributed by atoms with Gasteiger partial charge in [-0.05, 0) is 37.8 Å². The fourth-order valence-electron chi connectivity index (χ4n) is 2.83. The van der Waals surface area contributed by atoms with Gasteiger partial charge in [0, 0.05) is 24.5 Å². The van der Waals surface area contributed by atoms with Crippen LogP contribution < -0.4 is 14.8 Å². The third-order valence-electron chi connectivity index (χ3n) is 4.13. The van der Waals surface area contributed by atoms with E-state index in [2.05, 4.69) is 15.3 Å². The third-order valence-corrected chi connectivity index (χ3v) is 4.42. The molecule has 138 valence electrons. The van der Waals surface area contributed by atoms with E-state index in [1.165, 1.54) is 18.2 Å². The number of ether oxygens (including phenoxy) is 2. The van der Waals surface area contributed by atoms with Gasteiger partial charge in [-0.1, -0.05) is 11.6 Å². The van der Waals surface area contributed by atoms with Crippen LogP contribution in [0.25, 0.3) is 0 Å². The lowest BCUT2D eigenvalue weighted by molar-refractivity contribution is -0.124. The minimum absolute atomic E-state index is 0.0377. The summed E-state index contributed by atoms with van der Waals surface area (Å²) in [5, 5.41) is 2.91. The van der Waals surface area contributed by atoms with Gasteiger partial charge in [-0.2, -0.15) is 0 Å². The summed E-state index contributed by atoms with van der Waals surface area (Å²) in [5.74, 6) is 0.131. The molecule has 0 bridgehead atoms. The number of benzene rings is 1. The molecule has 2 aromatic rings. The molecule has 1 aromatic carbocycles. The van der Waals surface area contributed by atoms with Crippen LogP contribution >= 0.6 is 11.6 Å². The second kappa shape index (κ2) is 8.80. The highest BCUT2D eigenvalue weighted by molar-refractivity contribution is 6.30. The number of halogens is 2. The van der Waals surface area contributed by atoms with Gasteiger partial charge in [0.2, 0.25) is 5.88 Å². The molecule has 0 spiro atoms. The fourth-order valence-corrected chi connectivity index (χ4v) is 3.00. The summed E-state index contributed by atoms with van der Waals surface area (Å²) in [7, 11) is 0. The molecule has 1 saturated carbocycles. The average Bonchev–Trinajstić information content (AvgIpc) is 2.65. The summed E-state index contributed by atoms with van der Waals surface area (Å²) in [5.41, 5.74) is 0. The predicted octanol–water partition coefficient (Wildman–Crippen LogP) is 3.15. The van der Waals surface area contributed by atoms with Crippen molar-refractivity contribution in [2.75, 3.05) is 6.61 Å². The van der Waals surface area contributed by atoms with E-state index in [1.54, 1.807) is 18.6 Å². The highest BCUT2D eigenvalue weighted by Gasteiger charge is 2.24. The van der Waals surface area contributed by atoms with Crippen LogP contribution in [0, 0.1) is 5.82 Å². The Kier molecular flexibility index (Phi) is 6.22. The first kappa shape index (κ1) is 18.4. The maximum atomic E-state index is 13.1. The third kappa shape index (κ3) is 5.29. The Morgan fingerprint density at radius 3 is 2.77 bits per heavy atom. The average molecular weight is 380 g/mol. The van der Waals surface area contributed by atoms with Crippen LogP contribution in [0.4, 0.5) is 4.39 Å². The van der Waals surface area contributed by atoms with Crippen LogP contribution in [-0.2, 0) is 4.79 Å². The maximum Gasteiger partial charge on any atom is 0.258 e. The number of nitrogens with one attached hydrogen (secondary N) is 1. The number of carbonyl (C=O) groups excluding carboxylic acids is 1. The predicted molar refractivity (Wildman–Crippen MR) is 93.8 cm³/mol. The smallest absolute Gasteiger partial charge is 0.258 e. The fraction of sp³-hybridized carbons (Fsp3) is 0.389. The molecule has 26 heavy (non-hydrogen) atoms. The van der Waals surface area contributed by atoms with Crippen molar-refractivity contribution in [3.63, 3.8) is 0 Å². The van der Waals surface area contributed by atoms with Crippen molar-refractivity contribution >= 4 is 17.5 Å². The van der Waals surface area contributed by atoms with E-state index in [0.29, 0.717) is 11.6 Å². The van der Waals surface area contributed by atoms with Gasteiger partial charge in [-0.25, -0.2) is 9.37 Å². The minimum atomic E-state index is -0.524. The monoisotopic (exact) mass is 379 g/mol. The highest BCUT2D eigenvalue weighted by atomic mass is 35.5. The Balaban J connectivity index is 1.38. The van der Waals surface area contributed by atoms with Crippen LogP contribution in [0.1, 0.15) is 25.7 Å². The van der Waals surface area contributed by atoms with Gasteiger partial charge in [0.05, 0.1) is 11.2 Å². The first-order valence-electron chi connectivity index (χ1n) is 8.40. The van der Waals surface area contributed by atoms with E-state index in [0.717, 1.165) is 25.7 Å². The van der Waals surface area contributed by atoms with E-state index >= 15 is 0 Å². The van der Waals surface area contributed by atoms with E-state index in [-0.39, 0.29) is 29.7 Å². The van der Waals surface area contributed by atoms with Crippen LogP contribution in [0.5, 0.6) is 11.6 Å². The molecule has 1 fully saturated rings. The van der Waals surface area contributed by atoms with Gasteiger partial charge < -0.3 is 14.8 Å². The van der Waals surface area contributed by atoms with Gasteiger partial charge in [0.1, 0.15) is 17.7 Å². The van der Waals surface area contributed by atoms with E-state index < -0.39 is 5.82 Å². The first-order valence-corrected chi connectivity index (χ1v) is 8.78. The summed E-state index contributed by atoms with van der Waals surface area (Å²) >= 11 is 5.68. The van der Waals surface area contributed by atoms with Gasteiger partial charge in [-0.15, -0.1) is 0 Å². The van der Waals surface area contributed by atoms with Crippen LogP contribution in [0.15, 0.2) is 36.8 Å². The van der Waals surface area contributed by atoms with Gasteiger partial charge >= 0.3 is 0 Å². The summed E-state index contributed by atoms with van der Waals surface area (Å²) < 4.78 is 24.2. The molecule has 3 rings (SSSR count). The van der Waals surface area contributed by atoms with Crippen molar-refractivity contribution in [3.8, 4) is 11.6 Å². The number of carbonyl (C=O) groups is 1. The number of aromatic nitrogens is 2. The number of amides is 1. The molecular weight excluding hydrogens is 361 g/mol. The molecule has 1 aliphatic rings. The maximum absolute atomic E-state index is 13.1. The topological polar surface area (TPSA) is 73.3 Å². The first-order chi connectivity index (χ1) is 12.6. The number of rotatable bonds is 6. The van der Waals surface area contributed by atoms with Crippen molar-refractivity contribution in [1.29, 1.82) is 0 Å². The number of hydrogen-bond acceptors (Lipinski definition) is 5. The molecule has 8 heteroatoms. The van der Waals surface area contributed by atoms with Crippen molar-refractivity contribution in [1.82, 2.24) is 15.3 Å². The number of hydrogen-bond donors (Lipinski definition) is 1. The van der Waals surface area contributed by atoms with Crippen LogP contribution in [-0.4, -0.2) is 34.6 Å². The molecule has 1 amide bonds. The zero-order valence-electron chi connectivity index (χ0n) is 14.0. The van der Waals surface area contributed by atoms with E-state index in [9.17, 15) is 9.18 Å². The SMILES string of the molecule is O=C(COc1ccc(F)c(Cl)c1)NC1CCC(Oc2cnccn2)CC1. The molecule has 0 atom stereocenters. The minimum Gasteiger partial charge on any atom is -0.484 e. The standard InChI is InChI=1S/C18H19ClFN3O3/c19-15-9-14(5-6-16(15)20)25-11-17(24)23-12-1-3-13(4-2-12)26-18-10-21-7-8-22-18/h5-10,12-13H,1-4,11H2,(H,23,24). The molecule has 6 nitrogen and oxygen atoms in total. The van der Waals surface area contributed by atoms with Crippen molar-refractivity contribution < 1.29 is 18.7 Å². The van der Waals surface area contributed by atoms with Crippen molar-refractivity contribution in [2.45, 2.75) is 37.8 Å². The van der Waals surface area contributed by atoms with E-state index in [1.807, 2.05) is 0 Å². The second-order valence-electron chi connectivity index (χ2n) is 6.07. The van der Waals surface area contributed by atoms with Gasteiger partial charge in [0.25, 0.3) is 5.91 Å². The summed E-state index contributed by atoms with van der Waals surface area (Å²) in [6, 6.07) is 4.07. The zero-order chi connectivity index (χ0) is 18.4. The van der Waals surface area contributed by atoms with Gasteiger partial charge in [0.15, 0.2) is 6.61 Å². The molecule has 0 aliphatic heterocycles. The Morgan fingerprint density at radius 1 is 1.27 bits per heavy atom. The summed E-state index contributed by atoms with van der Waals surface area (Å²) in [6.45, 7) is -0.141. The molecule has 1 aliphatic carbocycles. The molecule has 0 unspecified atom stereocenters. The second-order valence-corrected chi connectivity index (χ2v) is 6.47. The molecule has 1 N–H and O–H groups in total. The lowest BCUT2D eigenvalue weighted by Crippen LogP contribution is -2.41. The Labute approximate surface area is 155 Å². The molecule has 0 saturated heterocycles. The highest BCUT2D eigenvalue weighted by Crippen LogP contribution is 2.23. The molecule has 0 radical (unpaired) electrons. The Bertz CT molecular complexity index is 740. The lowest BCUT2D eigenvalue weighted by atomic mass is 9.93.